The highest BCUT2D eigenvalue weighted by atomic mass is 16.4. The van der Waals surface area contributed by atoms with Crippen LogP contribution in [0.3, 0.4) is 0 Å². The van der Waals surface area contributed by atoms with Gasteiger partial charge in [-0.15, -0.1) is 0 Å². The number of nitrogens with zero attached hydrogens (tertiary/aromatic N) is 1. The van der Waals surface area contributed by atoms with Crippen molar-refractivity contribution in [2.24, 2.45) is 11.3 Å². The maximum absolute atomic E-state index is 12.9. The summed E-state index contributed by atoms with van der Waals surface area (Å²) in [5, 5.41) is 20.1. The highest BCUT2D eigenvalue weighted by Gasteiger charge is 2.58. The minimum atomic E-state index is -0.833. The molecule has 3 rings (SSSR count). The first-order valence-corrected chi connectivity index (χ1v) is 9.32. The van der Waals surface area contributed by atoms with Gasteiger partial charge in [0.25, 0.3) is 5.97 Å². The molecule has 0 aromatic heterocycles. The monoisotopic (exact) mass is 340 g/mol. The Labute approximate surface area is 144 Å². The molecule has 2 saturated carbocycles. The van der Waals surface area contributed by atoms with E-state index in [1.165, 1.54) is 19.3 Å². The Morgan fingerprint density at radius 3 is 2.29 bits per heavy atom. The third-order valence-corrected chi connectivity index (χ3v) is 5.73. The lowest BCUT2D eigenvalue weighted by atomic mass is 9.90. The van der Waals surface area contributed by atoms with E-state index in [9.17, 15) is 9.90 Å². The summed E-state index contributed by atoms with van der Waals surface area (Å²) in [6, 6.07) is 0.391. The molecule has 1 heterocycles. The molecule has 1 aliphatic heterocycles. The second-order valence-electron chi connectivity index (χ2n) is 7.44. The van der Waals surface area contributed by atoms with Gasteiger partial charge in [0.2, 0.25) is 5.91 Å². The molecule has 3 aliphatic rings. The van der Waals surface area contributed by atoms with E-state index in [2.05, 4.69) is 5.32 Å². The highest BCUT2D eigenvalue weighted by Crippen LogP contribution is 2.59. The first-order chi connectivity index (χ1) is 11.5. The molecule has 1 atom stereocenters. The molecule has 1 saturated heterocycles. The molecule has 6 heteroatoms. The average Bonchev–Trinajstić information content (AvgIpc) is 3.26. The van der Waals surface area contributed by atoms with Crippen LogP contribution in [0.4, 0.5) is 0 Å². The Kier molecular flexibility index (Phi) is 7.04. The van der Waals surface area contributed by atoms with Gasteiger partial charge in [0, 0.05) is 25.4 Å². The molecule has 1 amide bonds. The van der Waals surface area contributed by atoms with E-state index in [0.717, 1.165) is 52.1 Å². The minimum absolute atomic E-state index is 0.101. The Morgan fingerprint density at radius 1 is 1.17 bits per heavy atom. The molecule has 2 aliphatic carbocycles. The smallest absolute Gasteiger partial charge is 0.300 e. The van der Waals surface area contributed by atoms with Crippen molar-refractivity contribution >= 4 is 11.9 Å². The summed E-state index contributed by atoms with van der Waals surface area (Å²) in [4.78, 5) is 23.9. The molecule has 6 nitrogen and oxygen atoms in total. The van der Waals surface area contributed by atoms with Gasteiger partial charge in [0.05, 0.1) is 6.61 Å². The zero-order valence-electron chi connectivity index (χ0n) is 14.8. The van der Waals surface area contributed by atoms with Gasteiger partial charge < -0.3 is 20.4 Å². The summed E-state index contributed by atoms with van der Waals surface area (Å²) in [6.45, 7) is 3.85. The van der Waals surface area contributed by atoms with E-state index < -0.39 is 5.97 Å². The maximum Gasteiger partial charge on any atom is 0.300 e. The number of carboxylic acids is 1. The van der Waals surface area contributed by atoms with Crippen molar-refractivity contribution in [1.82, 2.24) is 10.2 Å². The van der Waals surface area contributed by atoms with Gasteiger partial charge in [0.1, 0.15) is 0 Å². The van der Waals surface area contributed by atoms with E-state index in [0.29, 0.717) is 23.9 Å². The van der Waals surface area contributed by atoms with Crippen LogP contribution in [0.25, 0.3) is 0 Å². The maximum atomic E-state index is 12.9. The van der Waals surface area contributed by atoms with E-state index in [1.807, 2.05) is 4.90 Å². The van der Waals surface area contributed by atoms with Crippen LogP contribution in [0.5, 0.6) is 0 Å². The van der Waals surface area contributed by atoms with Crippen LogP contribution in [-0.2, 0) is 9.59 Å². The molecule has 1 spiro atoms. The lowest BCUT2D eigenvalue weighted by Gasteiger charge is -2.35. The van der Waals surface area contributed by atoms with Crippen LogP contribution in [0.1, 0.15) is 58.3 Å². The molecule has 24 heavy (non-hydrogen) atoms. The Balaban J connectivity index is 0.000000471. The predicted octanol–water partition coefficient (Wildman–Crippen LogP) is 1.62. The van der Waals surface area contributed by atoms with Crippen molar-refractivity contribution in [2.45, 2.75) is 64.3 Å². The number of carbonyl (C=O) groups excluding carboxylic acids is 1. The first-order valence-electron chi connectivity index (χ1n) is 9.32. The van der Waals surface area contributed by atoms with E-state index in [1.54, 1.807) is 0 Å². The second kappa shape index (κ2) is 8.81. The first kappa shape index (κ1) is 19.2. The van der Waals surface area contributed by atoms with E-state index in [4.69, 9.17) is 9.90 Å². The van der Waals surface area contributed by atoms with Gasteiger partial charge in [0.15, 0.2) is 0 Å². The van der Waals surface area contributed by atoms with Crippen molar-refractivity contribution in [3.63, 3.8) is 0 Å². The quantitative estimate of drug-likeness (QED) is 0.723. The van der Waals surface area contributed by atoms with Crippen molar-refractivity contribution in [1.29, 1.82) is 0 Å². The number of aliphatic carboxylic acids is 1. The summed E-state index contributed by atoms with van der Waals surface area (Å²) in [7, 11) is 0. The molecule has 3 N–H and O–H groups in total. The van der Waals surface area contributed by atoms with Gasteiger partial charge in [-0.25, -0.2) is 0 Å². The number of rotatable bonds is 4. The summed E-state index contributed by atoms with van der Waals surface area (Å²) >= 11 is 0. The van der Waals surface area contributed by atoms with Gasteiger partial charge in [-0.2, -0.15) is 0 Å². The number of piperidine rings is 1. The minimum Gasteiger partial charge on any atom is -0.481 e. The lowest BCUT2D eigenvalue weighted by molar-refractivity contribution is -0.137. The number of nitrogens with one attached hydrogen (secondary N) is 1. The number of carbonyl (C=O) groups is 2. The zero-order valence-corrected chi connectivity index (χ0v) is 14.8. The summed E-state index contributed by atoms with van der Waals surface area (Å²) in [6.07, 6.45) is 9.43. The summed E-state index contributed by atoms with van der Waals surface area (Å²) in [5.41, 5.74) is 0.310. The van der Waals surface area contributed by atoms with E-state index in [-0.39, 0.29) is 12.5 Å². The third kappa shape index (κ3) is 4.93. The molecule has 0 bridgehead atoms. The van der Waals surface area contributed by atoms with Crippen LogP contribution in [-0.4, -0.2) is 59.3 Å². The Bertz CT molecular complexity index is 425. The molecule has 3 fully saturated rings. The van der Waals surface area contributed by atoms with Crippen molar-refractivity contribution in [3.8, 4) is 0 Å². The number of hydrogen-bond donors (Lipinski definition) is 3. The molecular weight excluding hydrogens is 308 g/mol. The SMILES string of the molecule is CC(=O)O.O=C(C1CC12CCNCC2)N(CCO)C1CCCCC1. The second-order valence-corrected chi connectivity index (χ2v) is 7.44. The van der Waals surface area contributed by atoms with Gasteiger partial charge >= 0.3 is 0 Å². The number of aliphatic hydroxyl groups excluding tert-OH is 1. The largest absolute Gasteiger partial charge is 0.481 e. The molecular formula is C18H32N2O4. The highest BCUT2D eigenvalue weighted by molar-refractivity contribution is 5.83. The average molecular weight is 340 g/mol. The number of amides is 1. The number of aliphatic hydroxyl groups is 1. The topological polar surface area (TPSA) is 89.9 Å². The van der Waals surface area contributed by atoms with Crippen LogP contribution < -0.4 is 5.32 Å². The normalized spacial score (nSPS) is 25.5. The van der Waals surface area contributed by atoms with Crippen LogP contribution in [0.15, 0.2) is 0 Å². The molecule has 0 aromatic rings. The molecule has 0 aromatic carbocycles. The fraction of sp³-hybridized carbons (Fsp3) is 0.889. The van der Waals surface area contributed by atoms with Crippen molar-refractivity contribution in [2.75, 3.05) is 26.2 Å². The molecule has 138 valence electrons. The standard InChI is InChI=1S/C16H28N2O2.C2H4O2/c19-11-10-18(13-4-2-1-3-5-13)15(20)14-12-16(14)6-8-17-9-7-16;1-2(3)4/h13-14,17,19H,1-12H2;1H3,(H,3,4). The Morgan fingerprint density at radius 2 is 1.75 bits per heavy atom. The third-order valence-electron chi connectivity index (χ3n) is 5.73. The van der Waals surface area contributed by atoms with Gasteiger partial charge in [-0.1, -0.05) is 19.3 Å². The van der Waals surface area contributed by atoms with Crippen molar-refractivity contribution in [3.05, 3.63) is 0 Å². The summed E-state index contributed by atoms with van der Waals surface area (Å²) in [5.74, 6) is -0.245. The van der Waals surface area contributed by atoms with Crippen LogP contribution in [0.2, 0.25) is 0 Å². The Hall–Kier alpha value is -1.14. The number of hydrogen-bond acceptors (Lipinski definition) is 4. The van der Waals surface area contributed by atoms with E-state index >= 15 is 0 Å². The van der Waals surface area contributed by atoms with Gasteiger partial charge in [-0.3, -0.25) is 9.59 Å². The fourth-order valence-corrected chi connectivity index (χ4v) is 4.35. The van der Waals surface area contributed by atoms with Crippen LogP contribution in [0, 0.1) is 11.3 Å². The van der Waals surface area contributed by atoms with Crippen LogP contribution >= 0.6 is 0 Å². The summed E-state index contributed by atoms with van der Waals surface area (Å²) < 4.78 is 0. The predicted molar refractivity (Wildman–Crippen MR) is 91.6 cm³/mol. The van der Waals surface area contributed by atoms with Crippen molar-refractivity contribution < 1.29 is 19.8 Å². The molecule has 0 radical (unpaired) electrons. The van der Waals surface area contributed by atoms with Gasteiger partial charge in [-0.05, 0) is 50.6 Å². The zero-order chi connectivity index (χ0) is 17.6. The molecule has 1 unspecified atom stereocenters. The number of carboxylic acid groups (broad SMARTS) is 1. The fourth-order valence-electron chi connectivity index (χ4n) is 4.35. The lowest BCUT2D eigenvalue weighted by Crippen LogP contribution is -2.45.